The zero-order valence-electron chi connectivity index (χ0n) is 11.0. The van der Waals surface area contributed by atoms with E-state index in [2.05, 4.69) is 34.6 Å². The second-order valence-corrected chi connectivity index (χ2v) is 5.73. The highest BCUT2D eigenvalue weighted by Gasteiger charge is 2.45. The Labute approximate surface area is 94.6 Å². The Hall–Kier alpha value is -0.330. The molecule has 0 aromatic carbocycles. The van der Waals surface area contributed by atoms with Crippen LogP contribution in [0.15, 0.2) is 0 Å². The smallest absolute Gasteiger partial charge is 0.139 e. The van der Waals surface area contributed by atoms with E-state index in [0.29, 0.717) is 29.0 Å². The van der Waals surface area contributed by atoms with Gasteiger partial charge in [0.25, 0.3) is 0 Å². The van der Waals surface area contributed by atoms with Crippen LogP contribution in [0.5, 0.6) is 0 Å². The van der Waals surface area contributed by atoms with Crippen molar-refractivity contribution in [2.24, 2.45) is 23.2 Å². The number of ketones is 1. The molecule has 1 aliphatic rings. The Bertz CT molecular complexity index is 229. The normalized spacial score (nSPS) is 35.5. The summed E-state index contributed by atoms with van der Waals surface area (Å²) in [6.45, 7) is 11.2. The van der Waals surface area contributed by atoms with Crippen LogP contribution in [0, 0.1) is 23.2 Å². The third-order valence-corrected chi connectivity index (χ3v) is 4.40. The van der Waals surface area contributed by atoms with Crippen molar-refractivity contribution in [3.63, 3.8) is 0 Å². The van der Waals surface area contributed by atoms with E-state index in [-0.39, 0.29) is 0 Å². The Morgan fingerprint density at radius 2 is 1.73 bits per heavy atom. The minimum absolute atomic E-state index is 0.323. The molecule has 1 saturated carbocycles. The molecule has 3 atom stereocenters. The minimum atomic E-state index is 0.323. The van der Waals surface area contributed by atoms with Crippen LogP contribution in [0.4, 0.5) is 0 Å². The first-order valence-electron chi connectivity index (χ1n) is 6.51. The van der Waals surface area contributed by atoms with Gasteiger partial charge in [0.05, 0.1) is 0 Å². The third-order valence-electron chi connectivity index (χ3n) is 4.40. The Morgan fingerprint density at radius 1 is 1.13 bits per heavy atom. The molecule has 0 aromatic heterocycles. The first-order chi connectivity index (χ1) is 6.97. The number of Topliss-reactive ketones (excluding diaryl/α,β-unsaturated/α-hetero) is 1. The van der Waals surface area contributed by atoms with Gasteiger partial charge in [0.2, 0.25) is 0 Å². The molecule has 1 unspecified atom stereocenters. The van der Waals surface area contributed by atoms with Crippen LogP contribution in [0.3, 0.4) is 0 Å². The van der Waals surface area contributed by atoms with Crippen LogP contribution in [0.25, 0.3) is 0 Å². The van der Waals surface area contributed by atoms with Crippen LogP contribution < -0.4 is 0 Å². The van der Waals surface area contributed by atoms with E-state index in [1.807, 2.05) is 0 Å². The van der Waals surface area contributed by atoms with Crippen LogP contribution in [-0.2, 0) is 4.79 Å². The maximum atomic E-state index is 12.2. The molecule has 88 valence electrons. The molecule has 1 fully saturated rings. The van der Waals surface area contributed by atoms with E-state index < -0.39 is 0 Å². The Morgan fingerprint density at radius 3 is 2.13 bits per heavy atom. The number of hydrogen-bond acceptors (Lipinski definition) is 1. The first kappa shape index (κ1) is 12.7. The largest absolute Gasteiger partial charge is 0.299 e. The minimum Gasteiger partial charge on any atom is -0.299 e. The standard InChI is InChI=1S/C14H26O/c1-6-10-9-14(4,5)12(8-3)11(7-2)13(10)15/h10-12H,6-9H2,1-5H3/t10?,11-,12+/m1/s1. The Kier molecular flexibility index (Phi) is 3.97. The van der Waals surface area contributed by atoms with E-state index in [1.165, 1.54) is 0 Å². The summed E-state index contributed by atoms with van der Waals surface area (Å²) in [4.78, 5) is 12.2. The molecule has 1 heteroatoms. The lowest BCUT2D eigenvalue weighted by Gasteiger charge is -2.46. The number of carbonyl (C=O) groups excluding carboxylic acids is 1. The van der Waals surface area contributed by atoms with Gasteiger partial charge in [-0.3, -0.25) is 4.79 Å². The molecule has 0 heterocycles. The number of hydrogen-bond donors (Lipinski definition) is 0. The van der Waals surface area contributed by atoms with Gasteiger partial charge in [-0.1, -0.05) is 41.0 Å². The Balaban J connectivity index is 2.94. The molecule has 0 N–H and O–H groups in total. The molecule has 1 rings (SSSR count). The molecule has 0 aliphatic heterocycles. The summed E-state index contributed by atoms with van der Waals surface area (Å²) in [6, 6.07) is 0. The summed E-state index contributed by atoms with van der Waals surface area (Å²) in [7, 11) is 0. The quantitative estimate of drug-likeness (QED) is 0.686. The zero-order chi connectivity index (χ0) is 11.6. The van der Waals surface area contributed by atoms with Gasteiger partial charge in [-0.05, 0) is 30.6 Å². The molecule has 0 saturated heterocycles. The van der Waals surface area contributed by atoms with Crippen molar-refractivity contribution in [1.82, 2.24) is 0 Å². The predicted molar refractivity (Wildman–Crippen MR) is 64.7 cm³/mol. The average molecular weight is 210 g/mol. The van der Waals surface area contributed by atoms with Crippen LogP contribution in [-0.4, -0.2) is 5.78 Å². The summed E-state index contributed by atoms with van der Waals surface area (Å²) in [5.41, 5.74) is 0.351. The topological polar surface area (TPSA) is 17.1 Å². The summed E-state index contributed by atoms with van der Waals surface area (Å²) < 4.78 is 0. The lowest BCUT2D eigenvalue weighted by Crippen LogP contribution is -2.44. The van der Waals surface area contributed by atoms with Gasteiger partial charge < -0.3 is 0 Å². The molecule has 0 bridgehead atoms. The van der Waals surface area contributed by atoms with E-state index in [4.69, 9.17) is 0 Å². The highest BCUT2D eigenvalue weighted by molar-refractivity contribution is 5.84. The third kappa shape index (κ3) is 2.26. The van der Waals surface area contributed by atoms with Gasteiger partial charge in [-0.15, -0.1) is 0 Å². The molecule has 15 heavy (non-hydrogen) atoms. The van der Waals surface area contributed by atoms with E-state index in [9.17, 15) is 4.79 Å². The van der Waals surface area contributed by atoms with Crippen molar-refractivity contribution >= 4 is 5.78 Å². The maximum absolute atomic E-state index is 12.2. The highest BCUT2D eigenvalue weighted by atomic mass is 16.1. The second kappa shape index (κ2) is 4.67. The summed E-state index contributed by atoms with van der Waals surface area (Å²) in [6.07, 6.45) is 4.29. The van der Waals surface area contributed by atoms with Gasteiger partial charge in [-0.25, -0.2) is 0 Å². The first-order valence-corrected chi connectivity index (χ1v) is 6.51. The maximum Gasteiger partial charge on any atom is 0.139 e. The van der Waals surface area contributed by atoms with Gasteiger partial charge in [0.15, 0.2) is 0 Å². The van der Waals surface area contributed by atoms with Gasteiger partial charge >= 0.3 is 0 Å². The monoisotopic (exact) mass is 210 g/mol. The van der Waals surface area contributed by atoms with Crippen molar-refractivity contribution < 1.29 is 4.79 Å². The van der Waals surface area contributed by atoms with E-state index in [1.54, 1.807) is 0 Å². The van der Waals surface area contributed by atoms with Gasteiger partial charge in [0, 0.05) is 11.8 Å². The highest BCUT2D eigenvalue weighted by Crippen LogP contribution is 2.48. The predicted octanol–water partition coefficient (Wildman–Crippen LogP) is 4.06. The summed E-state index contributed by atoms with van der Waals surface area (Å²) in [5.74, 6) is 1.79. The fourth-order valence-electron chi connectivity index (χ4n) is 3.60. The zero-order valence-corrected chi connectivity index (χ0v) is 11.0. The molecule has 0 aromatic rings. The number of rotatable bonds is 3. The van der Waals surface area contributed by atoms with Crippen LogP contribution >= 0.6 is 0 Å². The van der Waals surface area contributed by atoms with E-state index >= 15 is 0 Å². The summed E-state index contributed by atoms with van der Waals surface area (Å²) >= 11 is 0. The van der Waals surface area contributed by atoms with Crippen molar-refractivity contribution in [3.8, 4) is 0 Å². The lowest BCUT2D eigenvalue weighted by atomic mass is 9.58. The molecular weight excluding hydrogens is 184 g/mol. The molecule has 1 aliphatic carbocycles. The SMILES string of the molecule is CCC1CC(C)(C)[C@@H](CC)[C@@H](CC)C1=O. The van der Waals surface area contributed by atoms with Crippen molar-refractivity contribution in [2.45, 2.75) is 60.3 Å². The fourth-order valence-corrected chi connectivity index (χ4v) is 3.60. The second-order valence-electron chi connectivity index (χ2n) is 5.73. The van der Waals surface area contributed by atoms with Crippen LogP contribution in [0.1, 0.15) is 60.3 Å². The number of carbonyl (C=O) groups is 1. The van der Waals surface area contributed by atoms with E-state index in [0.717, 1.165) is 25.7 Å². The lowest BCUT2D eigenvalue weighted by molar-refractivity contribution is -0.137. The average Bonchev–Trinajstić information content (AvgIpc) is 2.19. The molecular formula is C14H26O. The molecule has 0 amide bonds. The molecule has 0 radical (unpaired) electrons. The van der Waals surface area contributed by atoms with Crippen molar-refractivity contribution in [3.05, 3.63) is 0 Å². The van der Waals surface area contributed by atoms with Gasteiger partial charge in [0.1, 0.15) is 5.78 Å². The fraction of sp³-hybridized carbons (Fsp3) is 0.929. The van der Waals surface area contributed by atoms with Crippen molar-refractivity contribution in [1.29, 1.82) is 0 Å². The van der Waals surface area contributed by atoms with Crippen LogP contribution in [0.2, 0.25) is 0 Å². The summed E-state index contributed by atoms with van der Waals surface area (Å²) in [5, 5.41) is 0. The van der Waals surface area contributed by atoms with Gasteiger partial charge in [-0.2, -0.15) is 0 Å². The van der Waals surface area contributed by atoms with Crippen molar-refractivity contribution in [2.75, 3.05) is 0 Å². The molecule has 1 nitrogen and oxygen atoms in total. The molecule has 0 spiro atoms.